The first-order valence-electron chi connectivity index (χ1n) is 15.6. The molecule has 0 saturated heterocycles. The molecular formula is C38H32Cl2N2O6S. The first kappa shape index (κ1) is 34.0. The van der Waals surface area contributed by atoms with Crippen LogP contribution in [0.1, 0.15) is 42.1 Å². The molecule has 0 spiro atoms. The molecule has 6 rings (SSSR count). The van der Waals surface area contributed by atoms with E-state index in [1.165, 1.54) is 11.3 Å². The second-order valence-electron chi connectivity index (χ2n) is 10.9. The zero-order valence-electron chi connectivity index (χ0n) is 26.9. The van der Waals surface area contributed by atoms with Gasteiger partial charge in [0.25, 0.3) is 5.56 Å². The van der Waals surface area contributed by atoms with Crippen LogP contribution >= 0.6 is 34.5 Å². The fourth-order valence-corrected chi connectivity index (χ4v) is 6.81. The molecule has 0 amide bonds. The van der Waals surface area contributed by atoms with Crippen LogP contribution in [0, 0.1) is 0 Å². The summed E-state index contributed by atoms with van der Waals surface area (Å²) in [6, 6.07) is 26.7. The number of ether oxygens (including phenoxy) is 4. The summed E-state index contributed by atoms with van der Waals surface area (Å²) < 4.78 is 24.9. The van der Waals surface area contributed by atoms with Crippen LogP contribution in [-0.4, -0.2) is 30.9 Å². The Kier molecular flexibility index (Phi) is 10.5. The van der Waals surface area contributed by atoms with Crippen LogP contribution < -0.4 is 29.1 Å². The number of hydrogen-bond donors (Lipinski definition) is 0. The van der Waals surface area contributed by atoms with Crippen LogP contribution in [0.25, 0.3) is 11.8 Å². The van der Waals surface area contributed by atoms with E-state index in [-0.39, 0.29) is 24.3 Å². The molecule has 4 aromatic carbocycles. The van der Waals surface area contributed by atoms with Crippen molar-refractivity contribution in [3.05, 3.63) is 149 Å². The average Bonchev–Trinajstić information content (AvgIpc) is 3.43. The van der Waals surface area contributed by atoms with Crippen molar-refractivity contribution in [2.75, 3.05) is 20.3 Å². The minimum absolute atomic E-state index is 0.166. The predicted molar refractivity (Wildman–Crippen MR) is 192 cm³/mol. The van der Waals surface area contributed by atoms with Gasteiger partial charge >= 0.3 is 5.97 Å². The summed E-state index contributed by atoms with van der Waals surface area (Å²) >= 11 is 13.5. The number of rotatable bonds is 11. The van der Waals surface area contributed by atoms with Crippen molar-refractivity contribution in [1.29, 1.82) is 0 Å². The van der Waals surface area contributed by atoms with Crippen molar-refractivity contribution in [2.45, 2.75) is 26.5 Å². The molecule has 1 aliphatic rings. The van der Waals surface area contributed by atoms with E-state index in [1.807, 2.05) is 67.6 Å². The maximum atomic E-state index is 14.3. The predicted octanol–water partition coefficient (Wildman–Crippen LogP) is 7.23. The zero-order valence-corrected chi connectivity index (χ0v) is 29.3. The lowest BCUT2D eigenvalue weighted by Crippen LogP contribution is -2.40. The Morgan fingerprint density at radius 2 is 1.67 bits per heavy atom. The van der Waals surface area contributed by atoms with E-state index < -0.39 is 12.0 Å². The van der Waals surface area contributed by atoms with E-state index in [0.717, 1.165) is 16.7 Å². The summed E-state index contributed by atoms with van der Waals surface area (Å²) in [6.45, 7) is 4.47. The lowest BCUT2D eigenvalue weighted by molar-refractivity contribution is -0.138. The summed E-state index contributed by atoms with van der Waals surface area (Å²) in [7, 11) is 1.58. The standard InChI is InChI=1S/C38H32Cl2N2O6S/c1-4-46-31-20-23(12-18-30(31)48-22-24-11-17-28(39)29(40)19-24)21-32-36(43)42-35(26-13-15-27(45-3)16-14-26)33(37(44)47-5-2)34(41-38(42)49-32)25-9-7-6-8-10-25/h6-21,35H,4-5,22H2,1-3H3/b32-21-/t35-/m1/s1. The van der Waals surface area contributed by atoms with Gasteiger partial charge in [0.05, 0.1) is 52.2 Å². The molecule has 11 heteroatoms. The minimum atomic E-state index is -0.797. The van der Waals surface area contributed by atoms with Gasteiger partial charge in [0, 0.05) is 5.56 Å². The highest BCUT2D eigenvalue weighted by Crippen LogP contribution is 2.36. The van der Waals surface area contributed by atoms with Gasteiger partial charge < -0.3 is 18.9 Å². The van der Waals surface area contributed by atoms with Crippen molar-refractivity contribution >= 4 is 52.3 Å². The van der Waals surface area contributed by atoms with Gasteiger partial charge in [0.1, 0.15) is 12.4 Å². The first-order valence-corrected chi connectivity index (χ1v) is 17.1. The quantitative estimate of drug-likeness (QED) is 0.134. The highest BCUT2D eigenvalue weighted by Gasteiger charge is 2.35. The number of benzene rings is 4. The van der Waals surface area contributed by atoms with E-state index in [4.69, 9.17) is 47.1 Å². The third-order valence-electron chi connectivity index (χ3n) is 7.75. The lowest BCUT2D eigenvalue weighted by atomic mass is 9.93. The molecule has 0 radical (unpaired) electrons. The summed E-state index contributed by atoms with van der Waals surface area (Å²) in [5, 5.41) is 0.919. The summed E-state index contributed by atoms with van der Waals surface area (Å²) in [5.41, 5.74) is 3.46. The van der Waals surface area contributed by atoms with Gasteiger partial charge in [0.15, 0.2) is 16.3 Å². The van der Waals surface area contributed by atoms with Gasteiger partial charge in [-0.05, 0) is 73.0 Å². The highest BCUT2D eigenvalue weighted by molar-refractivity contribution is 7.07. The van der Waals surface area contributed by atoms with Crippen LogP contribution in [-0.2, 0) is 16.1 Å². The second-order valence-corrected chi connectivity index (χ2v) is 12.7. The molecule has 8 nitrogen and oxygen atoms in total. The third-order valence-corrected chi connectivity index (χ3v) is 9.47. The van der Waals surface area contributed by atoms with Gasteiger partial charge in [0.2, 0.25) is 0 Å². The summed E-state index contributed by atoms with van der Waals surface area (Å²) in [6.07, 6.45) is 1.79. The maximum Gasteiger partial charge on any atom is 0.338 e. The lowest BCUT2D eigenvalue weighted by Gasteiger charge is -2.26. The number of aromatic nitrogens is 1. The number of halogens is 2. The molecule has 0 N–H and O–H groups in total. The molecule has 0 fully saturated rings. The number of thiazole rings is 1. The SMILES string of the molecule is CCOC(=O)C1=C(c2ccccc2)N=c2s/c(=C\c3ccc(OCc4ccc(Cl)c(Cl)c4)c(OCC)c3)c(=O)n2[C@@H]1c1ccc(OC)cc1. The number of carbonyl (C=O) groups is 1. The van der Waals surface area contributed by atoms with Crippen LogP contribution in [0.5, 0.6) is 17.2 Å². The number of carbonyl (C=O) groups excluding carboxylic acids is 1. The number of methoxy groups -OCH3 is 1. The molecule has 0 saturated carbocycles. The van der Waals surface area contributed by atoms with Crippen LogP contribution in [0.3, 0.4) is 0 Å². The van der Waals surface area contributed by atoms with Crippen LogP contribution in [0.4, 0.5) is 0 Å². The van der Waals surface area contributed by atoms with Gasteiger partial charge in [-0.15, -0.1) is 0 Å². The summed E-state index contributed by atoms with van der Waals surface area (Å²) in [5.74, 6) is 1.17. The molecule has 0 aliphatic carbocycles. The Balaban J connectivity index is 1.46. The largest absolute Gasteiger partial charge is 0.497 e. The Bertz CT molecular complexity index is 2210. The first-order chi connectivity index (χ1) is 23.8. The number of fused-ring (bicyclic) bond motifs is 1. The Hall–Kier alpha value is -4.83. The fourth-order valence-electron chi connectivity index (χ4n) is 5.49. The van der Waals surface area contributed by atoms with Crippen molar-refractivity contribution in [2.24, 2.45) is 4.99 Å². The third kappa shape index (κ3) is 7.29. The van der Waals surface area contributed by atoms with Crippen molar-refractivity contribution in [3.8, 4) is 17.2 Å². The molecule has 250 valence electrons. The van der Waals surface area contributed by atoms with E-state index in [2.05, 4.69) is 0 Å². The normalized spacial score (nSPS) is 14.2. The molecule has 49 heavy (non-hydrogen) atoms. The second kappa shape index (κ2) is 15.2. The number of nitrogens with zero attached hydrogens (tertiary/aromatic N) is 2. The molecule has 1 atom stereocenters. The topological polar surface area (TPSA) is 88.4 Å². The molecular weight excluding hydrogens is 683 g/mol. The van der Waals surface area contributed by atoms with E-state index >= 15 is 0 Å². The van der Waals surface area contributed by atoms with Gasteiger partial charge in [-0.1, -0.05) is 89.1 Å². The van der Waals surface area contributed by atoms with Gasteiger partial charge in [-0.25, -0.2) is 9.79 Å². The van der Waals surface area contributed by atoms with Crippen LogP contribution in [0.2, 0.25) is 10.0 Å². The van der Waals surface area contributed by atoms with Crippen molar-refractivity contribution in [3.63, 3.8) is 0 Å². The van der Waals surface area contributed by atoms with Crippen LogP contribution in [0.15, 0.2) is 106 Å². The van der Waals surface area contributed by atoms with Gasteiger partial charge in [-0.2, -0.15) is 0 Å². The molecule has 5 aromatic rings. The fraction of sp³-hybridized carbons (Fsp3) is 0.184. The van der Waals surface area contributed by atoms with E-state index in [0.29, 0.717) is 54.5 Å². The van der Waals surface area contributed by atoms with Gasteiger partial charge in [-0.3, -0.25) is 9.36 Å². The number of hydrogen-bond acceptors (Lipinski definition) is 8. The Morgan fingerprint density at radius 3 is 2.37 bits per heavy atom. The number of esters is 1. The summed E-state index contributed by atoms with van der Waals surface area (Å²) in [4.78, 5) is 33.3. The molecule has 2 heterocycles. The van der Waals surface area contributed by atoms with E-state index in [9.17, 15) is 9.59 Å². The smallest absolute Gasteiger partial charge is 0.338 e. The minimum Gasteiger partial charge on any atom is -0.497 e. The maximum absolute atomic E-state index is 14.3. The highest BCUT2D eigenvalue weighted by atomic mass is 35.5. The zero-order chi connectivity index (χ0) is 34.5. The van der Waals surface area contributed by atoms with E-state index in [1.54, 1.807) is 55.0 Å². The molecule has 0 bridgehead atoms. The monoisotopic (exact) mass is 714 g/mol. The average molecular weight is 716 g/mol. The Labute approximate surface area is 297 Å². The Morgan fingerprint density at radius 1 is 0.898 bits per heavy atom. The van der Waals surface area contributed by atoms with Crippen molar-refractivity contribution < 1.29 is 23.7 Å². The molecule has 1 aliphatic heterocycles. The van der Waals surface area contributed by atoms with Crippen molar-refractivity contribution in [1.82, 2.24) is 4.57 Å². The molecule has 1 aromatic heterocycles. The molecule has 0 unspecified atom stereocenters.